The van der Waals surface area contributed by atoms with E-state index in [9.17, 15) is 9.59 Å². The predicted octanol–water partition coefficient (Wildman–Crippen LogP) is 5.04. The van der Waals surface area contributed by atoms with Gasteiger partial charge in [-0.25, -0.2) is 9.78 Å². The first-order chi connectivity index (χ1) is 14.9. The highest BCUT2D eigenvalue weighted by atomic mass is 35.5. The van der Waals surface area contributed by atoms with Gasteiger partial charge in [0.25, 0.3) is 5.91 Å². The van der Waals surface area contributed by atoms with Crippen molar-refractivity contribution in [2.24, 2.45) is 0 Å². The zero-order valence-electron chi connectivity index (χ0n) is 16.9. The summed E-state index contributed by atoms with van der Waals surface area (Å²) >= 11 is 12.6. The summed E-state index contributed by atoms with van der Waals surface area (Å²) in [5.41, 5.74) is 1.50. The van der Waals surface area contributed by atoms with Crippen LogP contribution in [0.1, 0.15) is 40.5 Å². The van der Waals surface area contributed by atoms with E-state index in [2.05, 4.69) is 15.6 Å². The van der Waals surface area contributed by atoms with Gasteiger partial charge in [-0.2, -0.15) is 0 Å². The van der Waals surface area contributed by atoms with Gasteiger partial charge in [0.2, 0.25) is 0 Å². The van der Waals surface area contributed by atoms with E-state index in [0.717, 1.165) is 17.5 Å². The number of nitrogens with one attached hydrogen (secondary N) is 2. The fourth-order valence-corrected chi connectivity index (χ4v) is 4.03. The molecule has 0 saturated carbocycles. The first-order valence-electron chi connectivity index (χ1n) is 9.45. The Labute approximate surface area is 193 Å². The number of fused-ring (bicyclic) bond motifs is 1. The number of hydrogen-bond acceptors (Lipinski definition) is 7. The third-order valence-electron chi connectivity index (χ3n) is 4.22. The van der Waals surface area contributed by atoms with Gasteiger partial charge < -0.3 is 14.8 Å². The summed E-state index contributed by atoms with van der Waals surface area (Å²) in [6.45, 7) is 2.43. The Morgan fingerprint density at radius 3 is 2.68 bits per heavy atom. The lowest BCUT2D eigenvalue weighted by Crippen LogP contribution is -2.34. The fraction of sp³-hybridized carbons (Fsp3) is 0.238. The van der Waals surface area contributed by atoms with Crippen LogP contribution in [-0.4, -0.2) is 35.7 Å². The van der Waals surface area contributed by atoms with Crippen molar-refractivity contribution < 1.29 is 19.1 Å². The van der Waals surface area contributed by atoms with Crippen molar-refractivity contribution in [1.29, 1.82) is 0 Å². The SMILES string of the molecule is CCCCOC(=O)c1ccc2nc(NC(=S)NC(=O)c3ccc(OC)c(Cl)c3)sc2c1. The smallest absolute Gasteiger partial charge is 0.338 e. The summed E-state index contributed by atoms with van der Waals surface area (Å²) in [6.07, 6.45) is 1.78. The molecule has 0 bridgehead atoms. The van der Waals surface area contributed by atoms with Crippen molar-refractivity contribution in [3.05, 3.63) is 52.5 Å². The number of halogens is 1. The summed E-state index contributed by atoms with van der Waals surface area (Å²) in [5, 5.41) is 6.39. The molecule has 2 N–H and O–H groups in total. The van der Waals surface area contributed by atoms with Crippen molar-refractivity contribution in [2.75, 3.05) is 19.0 Å². The Hall–Kier alpha value is -2.75. The van der Waals surface area contributed by atoms with E-state index in [-0.39, 0.29) is 11.1 Å². The second kappa shape index (κ2) is 10.5. The summed E-state index contributed by atoms with van der Waals surface area (Å²) in [5.74, 6) is -0.304. The number of methoxy groups -OCH3 is 1. The van der Waals surface area contributed by atoms with E-state index in [1.807, 2.05) is 6.92 Å². The van der Waals surface area contributed by atoms with Gasteiger partial charge in [0.1, 0.15) is 5.75 Å². The van der Waals surface area contributed by atoms with E-state index in [4.69, 9.17) is 33.3 Å². The first-order valence-corrected chi connectivity index (χ1v) is 11.0. The highest BCUT2D eigenvalue weighted by Gasteiger charge is 2.14. The summed E-state index contributed by atoms with van der Waals surface area (Å²) in [4.78, 5) is 28.9. The lowest BCUT2D eigenvalue weighted by Gasteiger charge is -2.08. The topological polar surface area (TPSA) is 89.5 Å². The molecule has 0 fully saturated rings. The molecule has 1 amide bonds. The van der Waals surface area contributed by atoms with Gasteiger partial charge in [-0.05, 0) is 55.0 Å². The number of ether oxygens (including phenoxy) is 2. The highest BCUT2D eigenvalue weighted by molar-refractivity contribution is 7.80. The molecule has 31 heavy (non-hydrogen) atoms. The number of anilines is 1. The number of carbonyl (C=O) groups excluding carboxylic acids is 2. The number of unbranched alkanes of at least 4 members (excludes halogenated alkanes) is 1. The van der Waals surface area contributed by atoms with Crippen LogP contribution in [0.25, 0.3) is 10.2 Å². The molecular weight excluding hydrogens is 458 g/mol. The van der Waals surface area contributed by atoms with Crippen molar-refractivity contribution in [2.45, 2.75) is 19.8 Å². The minimum Gasteiger partial charge on any atom is -0.495 e. The number of thiocarbonyl (C=S) groups is 1. The third kappa shape index (κ3) is 5.90. The average Bonchev–Trinajstić information content (AvgIpc) is 3.14. The second-order valence-corrected chi connectivity index (χ2v) is 8.29. The van der Waals surface area contributed by atoms with Gasteiger partial charge in [0.05, 0.1) is 34.5 Å². The Kier molecular flexibility index (Phi) is 7.78. The number of thiazole rings is 1. The lowest BCUT2D eigenvalue weighted by atomic mass is 10.2. The van der Waals surface area contributed by atoms with E-state index >= 15 is 0 Å². The molecule has 1 aromatic heterocycles. The number of amides is 1. The molecule has 3 rings (SSSR count). The lowest BCUT2D eigenvalue weighted by molar-refractivity contribution is 0.0500. The maximum absolute atomic E-state index is 12.4. The standard InChI is InChI=1S/C21H20ClN3O4S2/c1-3-4-9-29-19(27)13-5-7-15-17(11-13)31-21(23-15)25-20(30)24-18(26)12-6-8-16(28-2)14(22)10-12/h5-8,10-11H,3-4,9H2,1-2H3,(H2,23,24,25,26,30). The van der Waals surface area contributed by atoms with E-state index in [0.29, 0.717) is 39.2 Å². The Balaban J connectivity index is 1.64. The van der Waals surface area contributed by atoms with Crippen LogP contribution >= 0.6 is 35.2 Å². The van der Waals surface area contributed by atoms with Crippen molar-refractivity contribution in [1.82, 2.24) is 10.3 Å². The van der Waals surface area contributed by atoms with Crippen molar-refractivity contribution >= 4 is 67.5 Å². The maximum Gasteiger partial charge on any atom is 0.338 e. The van der Waals surface area contributed by atoms with Gasteiger partial charge in [0.15, 0.2) is 10.2 Å². The molecule has 0 saturated heterocycles. The molecule has 7 nitrogen and oxygen atoms in total. The van der Waals surface area contributed by atoms with Crippen LogP contribution in [0, 0.1) is 0 Å². The molecule has 10 heteroatoms. The van der Waals surface area contributed by atoms with Crippen molar-refractivity contribution in [3.8, 4) is 5.75 Å². The summed E-state index contributed by atoms with van der Waals surface area (Å²) in [6, 6.07) is 9.83. The van der Waals surface area contributed by atoms with E-state index < -0.39 is 5.91 Å². The number of esters is 1. The molecule has 2 aromatic carbocycles. The Morgan fingerprint density at radius 1 is 1.19 bits per heavy atom. The number of benzene rings is 2. The van der Waals surface area contributed by atoms with Crippen LogP contribution < -0.4 is 15.4 Å². The van der Waals surface area contributed by atoms with Crippen molar-refractivity contribution in [3.63, 3.8) is 0 Å². The van der Waals surface area contributed by atoms with E-state index in [1.54, 1.807) is 30.3 Å². The fourth-order valence-electron chi connectivity index (χ4n) is 2.61. The number of hydrogen-bond donors (Lipinski definition) is 2. The molecule has 3 aromatic rings. The predicted molar refractivity (Wildman–Crippen MR) is 127 cm³/mol. The van der Waals surface area contributed by atoms with Gasteiger partial charge >= 0.3 is 5.97 Å². The number of nitrogens with zero attached hydrogens (tertiary/aromatic N) is 1. The van der Waals surface area contributed by atoms with Crippen LogP contribution in [0.2, 0.25) is 5.02 Å². The monoisotopic (exact) mass is 477 g/mol. The highest BCUT2D eigenvalue weighted by Crippen LogP contribution is 2.27. The zero-order chi connectivity index (χ0) is 22.4. The zero-order valence-corrected chi connectivity index (χ0v) is 19.2. The molecular formula is C21H20ClN3O4S2. The van der Waals surface area contributed by atoms with Crippen LogP contribution in [0.5, 0.6) is 5.75 Å². The molecule has 0 atom stereocenters. The maximum atomic E-state index is 12.4. The minimum absolute atomic E-state index is 0.0928. The third-order valence-corrected chi connectivity index (χ3v) is 5.65. The molecule has 0 unspecified atom stereocenters. The molecule has 0 aliphatic carbocycles. The van der Waals surface area contributed by atoms with Crippen LogP contribution in [0.4, 0.5) is 5.13 Å². The van der Waals surface area contributed by atoms with Crippen LogP contribution in [0.3, 0.4) is 0 Å². The van der Waals surface area contributed by atoms with Gasteiger partial charge in [-0.15, -0.1) is 0 Å². The Bertz CT molecular complexity index is 1130. The molecule has 0 radical (unpaired) electrons. The van der Waals surface area contributed by atoms with E-state index in [1.165, 1.54) is 24.5 Å². The number of aromatic nitrogens is 1. The normalized spacial score (nSPS) is 10.5. The minimum atomic E-state index is -0.416. The van der Waals surface area contributed by atoms with Crippen LogP contribution in [0.15, 0.2) is 36.4 Å². The van der Waals surface area contributed by atoms with Gasteiger partial charge in [-0.1, -0.05) is 36.3 Å². The average molecular weight is 478 g/mol. The first kappa shape index (κ1) is 22.9. The second-order valence-electron chi connectivity index (χ2n) is 6.45. The number of rotatable bonds is 7. The molecule has 0 aliphatic rings. The summed E-state index contributed by atoms with van der Waals surface area (Å²) in [7, 11) is 1.50. The molecule has 0 aliphatic heterocycles. The quantitative estimate of drug-likeness (QED) is 0.280. The molecule has 0 spiro atoms. The summed E-state index contributed by atoms with van der Waals surface area (Å²) < 4.78 is 11.1. The number of carbonyl (C=O) groups is 2. The van der Waals surface area contributed by atoms with Gasteiger partial charge in [-0.3, -0.25) is 10.1 Å². The Morgan fingerprint density at radius 2 is 1.97 bits per heavy atom. The largest absolute Gasteiger partial charge is 0.495 e. The molecule has 162 valence electrons. The van der Waals surface area contributed by atoms with Gasteiger partial charge in [0, 0.05) is 5.56 Å². The van der Waals surface area contributed by atoms with Crippen LogP contribution in [-0.2, 0) is 4.74 Å². The molecule has 1 heterocycles.